The summed E-state index contributed by atoms with van der Waals surface area (Å²) in [6.07, 6.45) is 1.96. The minimum atomic E-state index is -1.25. The van der Waals surface area contributed by atoms with E-state index in [1.165, 1.54) is 0 Å². The Kier molecular flexibility index (Phi) is 3.67. The van der Waals surface area contributed by atoms with Gasteiger partial charge < -0.3 is 10.1 Å². The van der Waals surface area contributed by atoms with Crippen LogP contribution in [0.3, 0.4) is 0 Å². The zero-order chi connectivity index (χ0) is 12.3. The van der Waals surface area contributed by atoms with Crippen molar-refractivity contribution in [3.63, 3.8) is 0 Å². The van der Waals surface area contributed by atoms with E-state index in [-0.39, 0.29) is 0 Å². The first-order valence-corrected chi connectivity index (χ1v) is 6.20. The number of aryl methyl sites for hydroxylation is 1. The first-order chi connectivity index (χ1) is 8.15. The highest BCUT2D eigenvalue weighted by Gasteiger charge is 2.35. The molecule has 0 bridgehead atoms. The summed E-state index contributed by atoms with van der Waals surface area (Å²) >= 11 is 0. The molecule has 1 N–H and O–H groups in total. The Hall–Kier alpha value is -1.09. The quantitative estimate of drug-likeness (QED) is 0.854. The Morgan fingerprint density at radius 1 is 1.29 bits per heavy atom. The van der Waals surface area contributed by atoms with Crippen LogP contribution in [-0.4, -0.2) is 20.2 Å². The van der Waals surface area contributed by atoms with Crippen LogP contribution >= 0.6 is 0 Å². The number of alkyl halides is 1. The van der Waals surface area contributed by atoms with Gasteiger partial charge in [-0.2, -0.15) is 0 Å². The summed E-state index contributed by atoms with van der Waals surface area (Å²) in [6, 6.07) is 5.75. The van der Waals surface area contributed by atoms with Crippen LogP contribution in [0.25, 0.3) is 0 Å². The first kappa shape index (κ1) is 12.4. The van der Waals surface area contributed by atoms with Crippen LogP contribution in [-0.2, 0) is 5.67 Å². The molecule has 3 heteroatoms. The van der Waals surface area contributed by atoms with Crippen molar-refractivity contribution in [2.75, 3.05) is 20.2 Å². The Morgan fingerprint density at radius 3 is 2.88 bits per heavy atom. The second-order valence-electron chi connectivity index (χ2n) is 4.77. The third-order valence-electron chi connectivity index (χ3n) is 3.46. The van der Waals surface area contributed by atoms with Crippen LogP contribution in [0.4, 0.5) is 4.39 Å². The maximum Gasteiger partial charge on any atom is 0.140 e. The van der Waals surface area contributed by atoms with Gasteiger partial charge in [-0.15, -0.1) is 0 Å². The van der Waals surface area contributed by atoms with Crippen LogP contribution < -0.4 is 10.1 Å². The average molecular weight is 237 g/mol. The van der Waals surface area contributed by atoms with E-state index in [1.807, 2.05) is 25.1 Å². The summed E-state index contributed by atoms with van der Waals surface area (Å²) in [5, 5.41) is 3.24. The second kappa shape index (κ2) is 5.05. The number of rotatable bonds is 2. The van der Waals surface area contributed by atoms with Crippen molar-refractivity contribution in [1.82, 2.24) is 5.32 Å². The molecule has 2 rings (SSSR count). The number of methoxy groups -OCH3 is 1. The highest BCUT2D eigenvalue weighted by Crippen LogP contribution is 2.40. The third kappa shape index (κ3) is 2.60. The molecule has 1 aromatic carbocycles. The van der Waals surface area contributed by atoms with Gasteiger partial charge in [0.05, 0.1) is 7.11 Å². The molecule has 1 atom stereocenters. The lowest BCUT2D eigenvalue weighted by Gasteiger charge is -2.26. The normalized spacial score (nSPS) is 25.4. The van der Waals surface area contributed by atoms with Crippen LogP contribution in [0, 0.1) is 6.92 Å². The van der Waals surface area contributed by atoms with E-state index in [9.17, 15) is 0 Å². The van der Waals surface area contributed by atoms with Gasteiger partial charge in [0.25, 0.3) is 0 Å². The summed E-state index contributed by atoms with van der Waals surface area (Å²) in [6.45, 7) is 3.62. The van der Waals surface area contributed by atoms with E-state index in [1.54, 1.807) is 7.11 Å². The monoisotopic (exact) mass is 237 g/mol. The number of ether oxygens (including phenoxy) is 1. The first-order valence-electron chi connectivity index (χ1n) is 6.20. The predicted octanol–water partition coefficient (Wildman–Crippen LogP) is 2.94. The molecule has 0 radical (unpaired) electrons. The lowest BCUT2D eigenvalue weighted by Crippen LogP contribution is -2.23. The predicted molar refractivity (Wildman–Crippen MR) is 67.2 cm³/mol. The van der Waals surface area contributed by atoms with Crippen molar-refractivity contribution in [2.24, 2.45) is 0 Å². The molecular formula is C14H20FNO. The molecule has 1 aliphatic heterocycles. The van der Waals surface area contributed by atoms with Gasteiger partial charge in [0.15, 0.2) is 0 Å². The summed E-state index contributed by atoms with van der Waals surface area (Å²) in [5.41, 5.74) is 0.541. The van der Waals surface area contributed by atoms with Gasteiger partial charge in [0, 0.05) is 5.56 Å². The summed E-state index contributed by atoms with van der Waals surface area (Å²) in [4.78, 5) is 0. The molecule has 1 heterocycles. The molecule has 17 heavy (non-hydrogen) atoms. The van der Waals surface area contributed by atoms with Gasteiger partial charge in [-0.05, 0) is 51.4 Å². The Morgan fingerprint density at radius 2 is 2.12 bits per heavy atom. The molecule has 0 amide bonds. The largest absolute Gasteiger partial charge is 0.496 e. The lowest BCUT2D eigenvalue weighted by molar-refractivity contribution is 0.140. The number of nitrogens with one attached hydrogen (secondary N) is 1. The van der Waals surface area contributed by atoms with Crippen molar-refractivity contribution < 1.29 is 9.13 Å². The van der Waals surface area contributed by atoms with E-state index in [0.29, 0.717) is 24.2 Å². The number of halogens is 1. The van der Waals surface area contributed by atoms with Crippen molar-refractivity contribution in [3.8, 4) is 5.75 Å². The minimum absolute atomic E-state index is 0.521. The number of hydrogen-bond acceptors (Lipinski definition) is 2. The van der Waals surface area contributed by atoms with Crippen molar-refractivity contribution in [3.05, 3.63) is 29.3 Å². The molecule has 0 spiro atoms. The molecule has 0 saturated carbocycles. The smallest absolute Gasteiger partial charge is 0.140 e. The molecule has 94 valence electrons. The van der Waals surface area contributed by atoms with Gasteiger partial charge in [-0.3, -0.25) is 0 Å². The third-order valence-corrected chi connectivity index (χ3v) is 3.46. The number of benzene rings is 1. The molecule has 1 unspecified atom stereocenters. The molecule has 0 aliphatic carbocycles. The topological polar surface area (TPSA) is 21.3 Å². The zero-order valence-electron chi connectivity index (χ0n) is 10.6. The van der Waals surface area contributed by atoms with Gasteiger partial charge in [0.1, 0.15) is 11.4 Å². The van der Waals surface area contributed by atoms with E-state index in [4.69, 9.17) is 4.74 Å². The number of hydrogen-bond donors (Lipinski definition) is 1. The van der Waals surface area contributed by atoms with Crippen molar-refractivity contribution in [2.45, 2.75) is 31.9 Å². The molecule has 1 aliphatic rings. The summed E-state index contributed by atoms with van der Waals surface area (Å²) in [7, 11) is 1.60. The molecular weight excluding hydrogens is 217 g/mol. The Labute approximate surface area is 102 Å². The average Bonchev–Trinajstić information content (AvgIpc) is 2.55. The van der Waals surface area contributed by atoms with E-state index < -0.39 is 5.67 Å². The van der Waals surface area contributed by atoms with Crippen LogP contribution in [0.1, 0.15) is 30.4 Å². The molecule has 1 aromatic rings. The molecule has 1 saturated heterocycles. The fourth-order valence-corrected chi connectivity index (χ4v) is 2.47. The molecule has 1 fully saturated rings. The van der Waals surface area contributed by atoms with Crippen molar-refractivity contribution >= 4 is 0 Å². The van der Waals surface area contributed by atoms with Gasteiger partial charge in [-0.1, -0.05) is 11.6 Å². The maximum atomic E-state index is 15.1. The van der Waals surface area contributed by atoms with E-state index in [0.717, 1.165) is 25.1 Å². The van der Waals surface area contributed by atoms with Gasteiger partial charge in [-0.25, -0.2) is 4.39 Å². The zero-order valence-corrected chi connectivity index (χ0v) is 10.6. The minimum Gasteiger partial charge on any atom is -0.496 e. The maximum absolute atomic E-state index is 15.1. The van der Waals surface area contributed by atoms with Crippen molar-refractivity contribution in [1.29, 1.82) is 0 Å². The Bertz CT molecular complexity index is 384. The highest BCUT2D eigenvalue weighted by atomic mass is 19.1. The standard InChI is InChI=1S/C14H20FNO/c1-11-4-5-13(17-2)12(10-11)14(15)6-3-8-16-9-7-14/h4-5,10,16H,3,6-9H2,1-2H3. The van der Waals surface area contributed by atoms with E-state index in [2.05, 4.69) is 5.32 Å². The molecule has 0 aromatic heterocycles. The lowest BCUT2D eigenvalue weighted by atomic mass is 9.87. The van der Waals surface area contributed by atoms with E-state index >= 15 is 4.39 Å². The summed E-state index contributed by atoms with van der Waals surface area (Å²) in [5.74, 6) is 0.667. The van der Waals surface area contributed by atoms with Gasteiger partial charge >= 0.3 is 0 Å². The van der Waals surface area contributed by atoms with Gasteiger partial charge in [0.2, 0.25) is 0 Å². The van der Waals surface area contributed by atoms with Crippen LogP contribution in [0.15, 0.2) is 18.2 Å². The van der Waals surface area contributed by atoms with Crippen LogP contribution in [0.2, 0.25) is 0 Å². The summed E-state index contributed by atoms with van der Waals surface area (Å²) < 4.78 is 20.4. The Balaban J connectivity index is 2.38. The van der Waals surface area contributed by atoms with Crippen LogP contribution in [0.5, 0.6) is 5.75 Å². The fraction of sp³-hybridized carbons (Fsp3) is 0.571. The second-order valence-corrected chi connectivity index (χ2v) is 4.77. The fourth-order valence-electron chi connectivity index (χ4n) is 2.47. The highest BCUT2D eigenvalue weighted by molar-refractivity contribution is 5.41. The molecule has 2 nitrogen and oxygen atoms in total. The SMILES string of the molecule is COc1ccc(C)cc1C1(F)CCCNCC1.